The number of hydrogen-bond acceptors (Lipinski definition) is 3. The Hall–Kier alpha value is -0.610. The van der Waals surface area contributed by atoms with E-state index in [2.05, 4.69) is 5.32 Å². The Kier molecular flexibility index (Phi) is 3.89. The molecule has 1 unspecified atom stereocenters. The molecule has 0 heterocycles. The summed E-state index contributed by atoms with van der Waals surface area (Å²) < 4.78 is 0. The van der Waals surface area contributed by atoms with Crippen molar-refractivity contribution in [2.45, 2.75) is 50.7 Å². The van der Waals surface area contributed by atoms with Crippen molar-refractivity contribution in [3.63, 3.8) is 0 Å². The summed E-state index contributed by atoms with van der Waals surface area (Å²) in [7, 11) is 0. The molecular formula is C10H19NO3. The molecule has 1 fully saturated rings. The number of rotatable bonds is 5. The zero-order chi connectivity index (χ0) is 10.6. The third kappa shape index (κ3) is 2.96. The van der Waals surface area contributed by atoms with Crippen molar-refractivity contribution in [3.05, 3.63) is 0 Å². The second kappa shape index (κ2) is 4.75. The van der Waals surface area contributed by atoms with Gasteiger partial charge in [0.25, 0.3) is 0 Å². The number of hydrogen-bond donors (Lipinski definition) is 3. The summed E-state index contributed by atoms with van der Waals surface area (Å²) in [5, 5.41) is 20.9. The fourth-order valence-corrected chi connectivity index (χ4v) is 1.62. The van der Waals surface area contributed by atoms with Crippen LogP contribution in [0.25, 0.3) is 0 Å². The van der Waals surface area contributed by atoms with Gasteiger partial charge in [0.1, 0.15) is 0 Å². The topological polar surface area (TPSA) is 69.6 Å². The average molecular weight is 201 g/mol. The summed E-state index contributed by atoms with van der Waals surface area (Å²) in [5.41, 5.74) is -0.351. The SMILES string of the molecule is CC(O)CCC(=O)NC1(CO)CCC1. The van der Waals surface area contributed by atoms with E-state index in [4.69, 9.17) is 10.2 Å². The minimum absolute atomic E-state index is 0.0212. The van der Waals surface area contributed by atoms with E-state index in [1.165, 1.54) is 0 Å². The molecule has 1 rings (SSSR count). The van der Waals surface area contributed by atoms with E-state index in [1.54, 1.807) is 6.92 Å². The number of carbonyl (C=O) groups excluding carboxylic acids is 1. The van der Waals surface area contributed by atoms with Crippen LogP contribution >= 0.6 is 0 Å². The Labute approximate surface area is 84.3 Å². The number of carbonyl (C=O) groups is 1. The average Bonchev–Trinajstić information content (AvgIpc) is 2.08. The fraction of sp³-hybridized carbons (Fsp3) is 0.900. The van der Waals surface area contributed by atoms with E-state index < -0.39 is 6.10 Å². The fourth-order valence-electron chi connectivity index (χ4n) is 1.62. The quantitative estimate of drug-likeness (QED) is 0.594. The summed E-state index contributed by atoms with van der Waals surface area (Å²) in [6.45, 7) is 1.69. The first-order chi connectivity index (χ1) is 6.58. The van der Waals surface area contributed by atoms with Gasteiger partial charge in [-0.1, -0.05) is 0 Å². The first-order valence-electron chi connectivity index (χ1n) is 5.18. The maximum absolute atomic E-state index is 11.4. The summed E-state index contributed by atoms with van der Waals surface area (Å²) in [4.78, 5) is 11.4. The van der Waals surface area contributed by atoms with E-state index in [1.807, 2.05) is 0 Å². The highest BCUT2D eigenvalue weighted by molar-refractivity contribution is 5.77. The summed E-state index contributed by atoms with van der Waals surface area (Å²) in [6, 6.07) is 0. The van der Waals surface area contributed by atoms with Crippen molar-refractivity contribution in [3.8, 4) is 0 Å². The second-order valence-electron chi connectivity index (χ2n) is 4.23. The van der Waals surface area contributed by atoms with Gasteiger partial charge < -0.3 is 15.5 Å². The normalized spacial score (nSPS) is 21.1. The lowest BCUT2D eigenvalue weighted by Gasteiger charge is -2.41. The highest BCUT2D eigenvalue weighted by atomic mass is 16.3. The lowest BCUT2D eigenvalue weighted by atomic mass is 9.77. The molecule has 1 atom stereocenters. The Bertz CT molecular complexity index is 194. The summed E-state index contributed by atoms with van der Waals surface area (Å²) in [5.74, 6) is -0.0698. The molecule has 0 aromatic carbocycles. The lowest BCUT2D eigenvalue weighted by Crippen LogP contribution is -2.56. The van der Waals surface area contributed by atoms with Crippen molar-refractivity contribution >= 4 is 5.91 Å². The maximum Gasteiger partial charge on any atom is 0.220 e. The van der Waals surface area contributed by atoms with Gasteiger partial charge in [-0.25, -0.2) is 0 Å². The Morgan fingerprint density at radius 3 is 2.57 bits per heavy atom. The summed E-state index contributed by atoms with van der Waals surface area (Å²) in [6.07, 6.45) is 3.17. The van der Waals surface area contributed by atoms with Gasteiger partial charge in [0.15, 0.2) is 0 Å². The highest BCUT2D eigenvalue weighted by Crippen LogP contribution is 2.31. The van der Waals surface area contributed by atoms with Crippen LogP contribution in [0.2, 0.25) is 0 Å². The number of aliphatic hydroxyl groups excluding tert-OH is 2. The largest absolute Gasteiger partial charge is 0.394 e. The minimum Gasteiger partial charge on any atom is -0.394 e. The van der Waals surface area contributed by atoms with Crippen LogP contribution < -0.4 is 5.32 Å². The third-order valence-corrected chi connectivity index (χ3v) is 2.81. The first kappa shape index (κ1) is 11.5. The van der Waals surface area contributed by atoms with Crippen LogP contribution in [0.5, 0.6) is 0 Å². The summed E-state index contributed by atoms with van der Waals surface area (Å²) >= 11 is 0. The molecular weight excluding hydrogens is 182 g/mol. The van der Waals surface area contributed by atoms with E-state index >= 15 is 0 Å². The number of amides is 1. The van der Waals surface area contributed by atoms with Crippen LogP contribution in [0, 0.1) is 0 Å². The van der Waals surface area contributed by atoms with E-state index in [-0.39, 0.29) is 18.1 Å². The standard InChI is InChI=1S/C10H19NO3/c1-8(13)3-4-9(14)11-10(7-12)5-2-6-10/h8,12-13H,2-7H2,1H3,(H,11,14). The van der Waals surface area contributed by atoms with Gasteiger partial charge in [-0.3, -0.25) is 4.79 Å². The molecule has 4 nitrogen and oxygen atoms in total. The van der Waals surface area contributed by atoms with Crippen molar-refractivity contribution in [1.29, 1.82) is 0 Å². The molecule has 1 saturated carbocycles. The molecule has 3 N–H and O–H groups in total. The minimum atomic E-state index is -0.438. The maximum atomic E-state index is 11.4. The Balaban J connectivity index is 2.25. The molecule has 0 spiro atoms. The van der Waals surface area contributed by atoms with Gasteiger partial charge in [-0.15, -0.1) is 0 Å². The highest BCUT2D eigenvalue weighted by Gasteiger charge is 2.37. The van der Waals surface area contributed by atoms with Gasteiger partial charge in [-0.2, -0.15) is 0 Å². The van der Waals surface area contributed by atoms with E-state index in [9.17, 15) is 4.79 Å². The molecule has 4 heteroatoms. The molecule has 0 aromatic rings. The van der Waals surface area contributed by atoms with Crippen molar-refractivity contribution in [2.24, 2.45) is 0 Å². The predicted molar refractivity (Wildman–Crippen MR) is 52.7 cm³/mol. The van der Waals surface area contributed by atoms with Crippen LogP contribution in [-0.2, 0) is 4.79 Å². The van der Waals surface area contributed by atoms with Gasteiger partial charge >= 0.3 is 0 Å². The molecule has 1 aliphatic carbocycles. The second-order valence-corrected chi connectivity index (χ2v) is 4.23. The van der Waals surface area contributed by atoms with Crippen LogP contribution in [0.3, 0.4) is 0 Å². The molecule has 0 aromatic heterocycles. The van der Waals surface area contributed by atoms with Gasteiger partial charge in [-0.05, 0) is 32.6 Å². The van der Waals surface area contributed by atoms with Gasteiger partial charge in [0.05, 0.1) is 18.2 Å². The van der Waals surface area contributed by atoms with Crippen LogP contribution in [-0.4, -0.2) is 34.4 Å². The van der Waals surface area contributed by atoms with Crippen LogP contribution in [0.1, 0.15) is 39.0 Å². The van der Waals surface area contributed by atoms with Crippen LogP contribution in [0.15, 0.2) is 0 Å². The molecule has 1 amide bonds. The molecule has 0 bridgehead atoms. The smallest absolute Gasteiger partial charge is 0.220 e. The van der Waals surface area contributed by atoms with Gasteiger partial charge in [0.2, 0.25) is 5.91 Å². The molecule has 0 radical (unpaired) electrons. The van der Waals surface area contributed by atoms with Crippen LogP contribution in [0.4, 0.5) is 0 Å². The van der Waals surface area contributed by atoms with Crippen molar-refractivity contribution in [1.82, 2.24) is 5.32 Å². The van der Waals surface area contributed by atoms with Gasteiger partial charge in [0, 0.05) is 6.42 Å². The first-order valence-corrected chi connectivity index (χ1v) is 5.18. The zero-order valence-corrected chi connectivity index (χ0v) is 8.62. The van der Waals surface area contributed by atoms with Crippen molar-refractivity contribution in [2.75, 3.05) is 6.61 Å². The molecule has 0 aliphatic heterocycles. The third-order valence-electron chi connectivity index (χ3n) is 2.81. The van der Waals surface area contributed by atoms with E-state index in [0.717, 1.165) is 19.3 Å². The molecule has 1 aliphatic rings. The zero-order valence-electron chi connectivity index (χ0n) is 8.62. The van der Waals surface area contributed by atoms with Crippen molar-refractivity contribution < 1.29 is 15.0 Å². The Morgan fingerprint density at radius 1 is 1.57 bits per heavy atom. The molecule has 82 valence electrons. The molecule has 0 saturated heterocycles. The Morgan fingerprint density at radius 2 is 2.21 bits per heavy atom. The lowest BCUT2D eigenvalue weighted by molar-refractivity contribution is -0.125. The number of nitrogens with one attached hydrogen (secondary N) is 1. The predicted octanol–water partition coefficient (Wildman–Crippen LogP) is 0.179. The van der Waals surface area contributed by atoms with E-state index in [0.29, 0.717) is 12.8 Å². The monoisotopic (exact) mass is 201 g/mol. The molecule has 14 heavy (non-hydrogen) atoms. The number of aliphatic hydroxyl groups is 2.